The van der Waals surface area contributed by atoms with E-state index in [-0.39, 0.29) is 96.7 Å². The summed E-state index contributed by atoms with van der Waals surface area (Å²) in [5.41, 5.74) is 8.22. The summed E-state index contributed by atoms with van der Waals surface area (Å²) in [6.45, 7) is 11.8. The average Bonchev–Trinajstić information content (AvgIpc) is 1.81. The number of aryl methyl sites for hydroxylation is 2. The van der Waals surface area contributed by atoms with Gasteiger partial charge < -0.3 is 60.3 Å². The third-order valence-corrected chi connectivity index (χ3v) is 16.0. The molecule has 7 rings (SSSR count). The molecule has 0 spiro atoms. The van der Waals surface area contributed by atoms with E-state index < -0.39 is 64.2 Å². The number of phenols is 2. The molecule has 0 aliphatic rings. The number of benzene rings is 4. The van der Waals surface area contributed by atoms with E-state index in [0.29, 0.717) is 141 Å². The van der Waals surface area contributed by atoms with Crippen LogP contribution < -0.4 is 38.8 Å². The summed E-state index contributed by atoms with van der Waals surface area (Å²) in [5, 5.41) is 48.6. The SMILES string of the molecule is CC(C)(C)c1cc(CCC(=O)OCCOC(=O)NCCCCCCn2c(=O)n(CCCCCCNC(=O)OCCOC(N)=O)c(=O)n(CCCCCCNC(=O)OCCOC(=O)CCc3cc(-n4nc5ccccc5n4)c(O)c(C(C)(C)C)c3)c2=O)cc(-n2nc3ccccc3n2)c1O. The summed E-state index contributed by atoms with van der Waals surface area (Å²) in [5.74, 6) is -0.897. The zero-order valence-electron chi connectivity index (χ0n) is 57.3. The Kier molecular flexibility index (Phi) is 28.8. The lowest BCUT2D eigenvalue weighted by Gasteiger charge is -2.23. The standard InChI is InChI=1S/C69H93N13O17/c1-68(2,3)49-43-47(45-55(59(49)85)81-74-51-23-13-14-24-52(51)75-81)27-29-57(83)94-37-40-97-62(88)71-31-17-7-10-20-34-78-65(91)79(67(93)80(66(78)92)36-22-12-9-19-33-73-64(90)99-42-39-96-61(70)87)35-21-11-8-18-32-72-63(89)98-41-38-95-58(84)30-28-48-44-50(69(4,5)6)60(86)56(46-48)82-76-53-25-15-16-26-54(53)77-82/h13-16,23-26,43-46,85-86H,7-12,17-22,27-42H2,1-6H3,(H2,70,87)(H,71,88)(H,72,89)(H,73,90). The molecule has 0 radical (unpaired) electrons. The molecule has 0 atom stereocenters. The molecule has 0 bridgehead atoms. The highest BCUT2D eigenvalue weighted by Gasteiger charge is 2.26. The van der Waals surface area contributed by atoms with Crippen LogP contribution in [-0.4, -0.2) is 149 Å². The van der Waals surface area contributed by atoms with E-state index in [4.69, 9.17) is 29.4 Å². The summed E-state index contributed by atoms with van der Waals surface area (Å²) in [6.07, 6.45) is 4.26. The molecule has 7 N–H and O–H groups in total. The molecule has 3 aromatic heterocycles. The average molecular weight is 1380 g/mol. The van der Waals surface area contributed by atoms with Crippen molar-refractivity contribution < 1.29 is 67.4 Å². The van der Waals surface area contributed by atoms with Crippen molar-refractivity contribution in [2.45, 2.75) is 175 Å². The van der Waals surface area contributed by atoms with Crippen molar-refractivity contribution in [2.24, 2.45) is 5.73 Å². The molecule has 30 nitrogen and oxygen atoms in total. The van der Waals surface area contributed by atoms with Gasteiger partial charge in [0, 0.05) is 63.2 Å². The Hall–Kier alpha value is -10.3. The van der Waals surface area contributed by atoms with Gasteiger partial charge in [0.05, 0.1) is 0 Å². The Morgan fingerprint density at radius 3 is 1.02 bits per heavy atom. The number of esters is 2. The molecule has 0 saturated heterocycles. The summed E-state index contributed by atoms with van der Waals surface area (Å²) in [4.78, 5) is 117. The Morgan fingerprint density at radius 2 is 0.717 bits per heavy atom. The molecule has 0 aliphatic heterocycles. The zero-order chi connectivity index (χ0) is 71.5. The molecule has 3 heterocycles. The van der Waals surface area contributed by atoms with Crippen molar-refractivity contribution in [3.05, 3.63) is 127 Å². The fourth-order valence-electron chi connectivity index (χ4n) is 10.7. The number of unbranched alkanes of at least 4 members (excludes halogenated alkanes) is 9. The Balaban J connectivity index is 0.796. The number of nitrogens with zero attached hydrogens (tertiary/aromatic N) is 9. The van der Waals surface area contributed by atoms with Gasteiger partial charge in [0.25, 0.3) is 0 Å². The maximum Gasteiger partial charge on any atom is 0.407 e. The van der Waals surface area contributed by atoms with Crippen molar-refractivity contribution in [2.75, 3.05) is 59.3 Å². The number of carbonyl (C=O) groups excluding carboxylic acids is 6. The summed E-state index contributed by atoms with van der Waals surface area (Å²) in [6, 6.07) is 21.9. The molecule has 0 saturated carbocycles. The van der Waals surface area contributed by atoms with Gasteiger partial charge in [-0.1, -0.05) is 116 Å². The van der Waals surface area contributed by atoms with E-state index >= 15 is 0 Å². The van der Waals surface area contributed by atoms with Crippen LogP contribution in [0.4, 0.5) is 19.2 Å². The maximum absolute atomic E-state index is 13.8. The Bertz CT molecular complexity index is 3770. The number of nitrogens with two attached hydrogens (primary N) is 1. The van der Waals surface area contributed by atoms with Gasteiger partial charge in [-0.3, -0.25) is 9.59 Å². The maximum atomic E-state index is 13.8. The number of aromatic nitrogens is 9. The number of aromatic hydroxyl groups is 2. The quantitative estimate of drug-likeness (QED) is 0.0121. The fourth-order valence-corrected chi connectivity index (χ4v) is 10.7. The van der Waals surface area contributed by atoms with Crippen LogP contribution in [0.15, 0.2) is 87.2 Å². The van der Waals surface area contributed by atoms with E-state index in [1.165, 1.54) is 9.59 Å². The molecule has 30 heteroatoms. The number of ether oxygens (including phenoxy) is 6. The van der Waals surface area contributed by atoms with Crippen LogP contribution in [0.2, 0.25) is 0 Å². The minimum atomic E-state index is -0.982. The van der Waals surface area contributed by atoms with Crippen molar-refractivity contribution >= 4 is 58.4 Å². The van der Waals surface area contributed by atoms with Gasteiger partial charge in [-0.15, -0.1) is 30.0 Å². The molecule has 0 fully saturated rings. The molecular formula is C69H93N13O17. The first kappa shape index (κ1) is 76.1. The number of alkyl carbamates (subject to hydrolysis) is 3. The molecule has 4 amide bonds. The fraction of sp³-hybridized carbons (Fsp3) is 0.522. The van der Waals surface area contributed by atoms with E-state index in [1.807, 2.05) is 102 Å². The second-order valence-electron chi connectivity index (χ2n) is 25.8. The number of fused-ring (bicyclic) bond motifs is 2. The number of nitrogens with one attached hydrogen (secondary N) is 3. The molecule has 536 valence electrons. The van der Waals surface area contributed by atoms with Crippen molar-refractivity contribution in [3.8, 4) is 22.9 Å². The first-order valence-corrected chi connectivity index (χ1v) is 33.7. The van der Waals surface area contributed by atoms with Gasteiger partial charge in [-0.05, 0) is 110 Å². The minimum absolute atomic E-state index is 0.0315. The van der Waals surface area contributed by atoms with Gasteiger partial charge in [-0.2, -0.15) is 0 Å². The van der Waals surface area contributed by atoms with Gasteiger partial charge in [-0.25, -0.2) is 47.3 Å². The molecule has 99 heavy (non-hydrogen) atoms. The predicted molar refractivity (Wildman–Crippen MR) is 365 cm³/mol. The lowest BCUT2D eigenvalue weighted by molar-refractivity contribution is -0.145. The van der Waals surface area contributed by atoms with Crippen molar-refractivity contribution in [1.29, 1.82) is 0 Å². The zero-order valence-corrected chi connectivity index (χ0v) is 57.3. The first-order chi connectivity index (χ1) is 47.4. The van der Waals surface area contributed by atoms with E-state index in [1.54, 1.807) is 12.1 Å². The molecule has 7 aromatic rings. The number of amides is 4. The van der Waals surface area contributed by atoms with Crippen LogP contribution in [0.1, 0.15) is 154 Å². The van der Waals surface area contributed by atoms with Crippen LogP contribution in [0.25, 0.3) is 33.4 Å². The Labute approximate surface area is 572 Å². The van der Waals surface area contributed by atoms with Gasteiger partial charge >= 0.3 is 53.4 Å². The summed E-state index contributed by atoms with van der Waals surface area (Å²) < 4.78 is 33.8. The van der Waals surface area contributed by atoms with Gasteiger partial charge in [0.15, 0.2) is 0 Å². The molecule has 4 aromatic carbocycles. The van der Waals surface area contributed by atoms with Crippen LogP contribution in [0.3, 0.4) is 0 Å². The number of primary amides is 1. The lowest BCUT2D eigenvalue weighted by atomic mass is 9.84. The second-order valence-corrected chi connectivity index (χ2v) is 25.8. The monoisotopic (exact) mass is 1380 g/mol. The Morgan fingerprint density at radius 1 is 0.424 bits per heavy atom. The highest BCUT2D eigenvalue weighted by molar-refractivity contribution is 5.75. The largest absolute Gasteiger partial charge is 0.505 e. The van der Waals surface area contributed by atoms with Gasteiger partial charge in [0.1, 0.15) is 84.6 Å². The second kappa shape index (κ2) is 37.4. The van der Waals surface area contributed by atoms with E-state index in [2.05, 4.69) is 41.1 Å². The normalized spacial score (nSPS) is 11.5. The van der Waals surface area contributed by atoms with Crippen LogP contribution in [-0.2, 0) is 81.3 Å². The highest BCUT2D eigenvalue weighted by Crippen LogP contribution is 2.38. The summed E-state index contributed by atoms with van der Waals surface area (Å²) in [7, 11) is 0. The highest BCUT2D eigenvalue weighted by atomic mass is 16.6. The van der Waals surface area contributed by atoms with E-state index in [9.17, 15) is 53.4 Å². The molecule has 0 aliphatic carbocycles. The van der Waals surface area contributed by atoms with E-state index in [0.717, 1.165) is 24.8 Å². The smallest absolute Gasteiger partial charge is 0.407 e. The molecule has 0 unspecified atom stereocenters. The van der Waals surface area contributed by atoms with Gasteiger partial charge in [0.2, 0.25) is 0 Å². The van der Waals surface area contributed by atoms with Crippen LogP contribution in [0, 0.1) is 0 Å². The topological polar surface area (TPSA) is 388 Å². The number of hydrogen-bond donors (Lipinski definition) is 6. The number of rotatable bonds is 38. The summed E-state index contributed by atoms with van der Waals surface area (Å²) >= 11 is 0. The lowest BCUT2D eigenvalue weighted by Crippen LogP contribution is -2.54. The first-order valence-electron chi connectivity index (χ1n) is 33.7. The van der Waals surface area contributed by atoms with Crippen LogP contribution in [0.5, 0.6) is 11.5 Å². The third-order valence-electron chi connectivity index (χ3n) is 16.0. The van der Waals surface area contributed by atoms with Crippen LogP contribution >= 0.6 is 0 Å². The molecular weight excluding hydrogens is 1280 g/mol. The number of phenolic OH excluding ortho intramolecular Hbond substituents is 2. The number of carbonyl (C=O) groups is 6. The third kappa shape index (κ3) is 23.8. The van der Waals surface area contributed by atoms with Crippen molar-refractivity contribution in [1.82, 2.24) is 59.6 Å². The predicted octanol–water partition coefficient (Wildman–Crippen LogP) is 7.95. The minimum Gasteiger partial charge on any atom is -0.505 e. The number of hydrogen-bond acceptors (Lipinski definition) is 21. The van der Waals surface area contributed by atoms with Crippen molar-refractivity contribution in [3.63, 3.8) is 0 Å².